The number of carbonyl (C=O) groups excluding carboxylic acids is 2. The van der Waals surface area contributed by atoms with Gasteiger partial charge in [0.25, 0.3) is 0 Å². The normalized spacial score (nSPS) is 13.6. The third kappa shape index (κ3) is 8.28. The van der Waals surface area contributed by atoms with Gasteiger partial charge in [-0.25, -0.2) is 8.42 Å². The zero-order valence-electron chi connectivity index (χ0n) is 25.5. The third-order valence-electron chi connectivity index (χ3n) is 7.16. The monoisotopic (exact) mass is 607 g/mol. The van der Waals surface area contributed by atoms with Crippen LogP contribution >= 0.6 is 0 Å². The zero-order valence-corrected chi connectivity index (χ0v) is 26.3. The minimum absolute atomic E-state index is 0.127. The number of sulfonamides is 1. The van der Waals surface area contributed by atoms with Crippen molar-refractivity contribution in [2.24, 2.45) is 0 Å². The lowest BCUT2D eigenvalue weighted by Crippen LogP contribution is -2.56. The topological polar surface area (TPSA) is 105 Å². The molecule has 1 aliphatic rings. The lowest BCUT2D eigenvalue weighted by atomic mass is 10.00. The number of rotatable bonds is 11. The van der Waals surface area contributed by atoms with Gasteiger partial charge >= 0.3 is 0 Å². The highest BCUT2D eigenvalue weighted by atomic mass is 32.2. The van der Waals surface area contributed by atoms with Crippen molar-refractivity contribution >= 4 is 27.5 Å². The van der Waals surface area contributed by atoms with E-state index in [2.05, 4.69) is 5.32 Å². The summed E-state index contributed by atoms with van der Waals surface area (Å²) in [5, 5.41) is 3.04. The van der Waals surface area contributed by atoms with Crippen LogP contribution in [0.4, 0.5) is 5.69 Å². The van der Waals surface area contributed by atoms with Gasteiger partial charge in [-0.1, -0.05) is 54.6 Å². The van der Waals surface area contributed by atoms with Gasteiger partial charge in [-0.2, -0.15) is 0 Å². The Labute approximate surface area is 254 Å². The first-order valence-corrected chi connectivity index (χ1v) is 16.1. The van der Waals surface area contributed by atoms with Crippen LogP contribution < -0.4 is 19.1 Å². The van der Waals surface area contributed by atoms with E-state index in [0.717, 1.165) is 21.0 Å². The van der Waals surface area contributed by atoms with Crippen LogP contribution in [0, 0.1) is 6.92 Å². The molecule has 0 radical (unpaired) electrons. The Morgan fingerprint density at radius 1 is 0.930 bits per heavy atom. The van der Waals surface area contributed by atoms with Crippen LogP contribution in [0.5, 0.6) is 11.5 Å². The van der Waals surface area contributed by atoms with E-state index < -0.39 is 34.1 Å². The Bertz CT molecular complexity index is 1540. The van der Waals surface area contributed by atoms with E-state index in [1.165, 1.54) is 11.8 Å². The Hall–Kier alpha value is -4.05. The van der Waals surface area contributed by atoms with Crippen LogP contribution in [-0.4, -0.2) is 62.2 Å². The number of fused-ring (bicyclic) bond motifs is 1. The first-order valence-electron chi connectivity index (χ1n) is 14.5. The molecule has 10 heteroatoms. The fraction of sp³-hybridized carbons (Fsp3) is 0.394. The van der Waals surface area contributed by atoms with Crippen molar-refractivity contribution in [3.05, 3.63) is 89.5 Å². The van der Waals surface area contributed by atoms with E-state index in [1.54, 1.807) is 18.2 Å². The predicted octanol–water partition coefficient (Wildman–Crippen LogP) is 4.48. The summed E-state index contributed by atoms with van der Waals surface area (Å²) in [4.78, 5) is 29.8. The molecular formula is C33H41N3O6S. The number of hydrogen-bond acceptors (Lipinski definition) is 6. The van der Waals surface area contributed by atoms with Crippen LogP contribution in [0.3, 0.4) is 0 Å². The second-order valence-corrected chi connectivity index (χ2v) is 13.8. The fourth-order valence-corrected chi connectivity index (χ4v) is 5.94. The number of amides is 2. The molecule has 0 saturated heterocycles. The summed E-state index contributed by atoms with van der Waals surface area (Å²) < 4.78 is 39.2. The fourth-order valence-electron chi connectivity index (χ4n) is 4.88. The van der Waals surface area contributed by atoms with Gasteiger partial charge in [0.1, 0.15) is 25.8 Å². The van der Waals surface area contributed by atoms with Crippen LogP contribution in [0.15, 0.2) is 72.8 Å². The van der Waals surface area contributed by atoms with Crippen LogP contribution in [-0.2, 0) is 32.6 Å². The highest BCUT2D eigenvalue weighted by molar-refractivity contribution is 7.92. The highest BCUT2D eigenvalue weighted by Gasteiger charge is 2.35. The molecule has 1 atom stereocenters. The number of carbonyl (C=O) groups is 2. The van der Waals surface area contributed by atoms with Crippen molar-refractivity contribution in [1.29, 1.82) is 0 Å². The van der Waals surface area contributed by atoms with E-state index >= 15 is 0 Å². The summed E-state index contributed by atoms with van der Waals surface area (Å²) in [7, 11) is -3.89. The largest absolute Gasteiger partial charge is 0.486 e. The molecule has 0 fully saturated rings. The maximum atomic E-state index is 14.4. The lowest BCUT2D eigenvalue weighted by molar-refractivity contribution is -0.140. The number of nitrogens with one attached hydrogen (secondary N) is 1. The molecule has 0 saturated carbocycles. The van der Waals surface area contributed by atoms with E-state index in [-0.39, 0.29) is 30.3 Å². The molecule has 1 N–H and O–H groups in total. The Morgan fingerprint density at radius 2 is 1.58 bits per heavy atom. The first kappa shape index (κ1) is 31.9. The quantitative estimate of drug-likeness (QED) is 0.345. The van der Waals surface area contributed by atoms with Crippen LogP contribution in [0.1, 0.15) is 44.4 Å². The summed E-state index contributed by atoms with van der Waals surface area (Å²) >= 11 is 0. The molecule has 43 heavy (non-hydrogen) atoms. The maximum absolute atomic E-state index is 14.4. The molecule has 4 rings (SSSR count). The molecule has 1 aliphatic heterocycles. The zero-order chi connectivity index (χ0) is 31.2. The molecule has 0 aromatic heterocycles. The van der Waals surface area contributed by atoms with Crippen molar-refractivity contribution in [3.8, 4) is 11.5 Å². The molecule has 3 aromatic rings. The van der Waals surface area contributed by atoms with Crippen LogP contribution in [0.25, 0.3) is 0 Å². The number of hydrogen-bond donors (Lipinski definition) is 1. The van der Waals surface area contributed by atoms with Gasteiger partial charge in [0.15, 0.2) is 11.5 Å². The average molecular weight is 608 g/mol. The second-order valence-electron chi connectivity index (χ2n) is 11.6. The molecule has 3 aromatic carbocycles. The molecule has 9 nitrogen and oxygen atoms in total. The van der Waals surface area contributed by atoms with Gasteiger partial charge in [0, 0.05) is 24.6 Å². The van der Waals surface area contributed by atoms with Crippen molar-refractivity contribution in [1.82, 2.24) is 10.2 Å². The van der Waals surface area contributed by atoms with Gasteiger partial charge in [-0.15, -0.1) is 0 Å². The first-order chi connectivity index (χ1) is 20.4. The molecule has 230 valence electrons. The minimum atomic E-state index is -3.89. The van der Waals surface area contributed by atoms with Crippen molar-refractivity contribution < 1.29 is 27.5 Å². The van der Waals surface area contributed by atoms with Gasteiger partial charge in [0.05, 0.1) is 11.4 Å². The Balaban J connectivity index is 1.77. The van der Waals surface area contributed by atoms with E-state index in [1.807, 2.05) is 82.3 Å². The van der Waals surface area contributed by atoms with E-state index in [9.17, 15) is 18.0 Å². The number of anilines is 1. The van der Waals surface area contributed by atoms with E-state index in [4.69, 9.17) is 9.47 Å². The van der Waals surface area contributed by atoms with Crippen molar-refractivity contribution in [3.63, 3.8) is 0 Å². The number of benzene rings is 3. The lowest BCUT2D eigenvalue weighted by Gasteiger charge is -2.35. The maximum Gasteiger partial charge on any atom is 0.244 e. The number of ether oxygens (including phenoxy) is 2. The average Bonchev–Trinajstić information content (AvgIpc) is 2.97. The summed E-state index contributed by atoms with van der Waals surface area (Å²) in [5.41, 5.74) is 2.44. The van der Waals surface area contributed by atoms with Crippen molar-refractivity contribution in [2.45, 2.75) is 59.2 Å². The molecule has 0 aliphatic carbocycles. The van der Waals surface area contributed by atoms with Crippen LogP contribution in [0.2, 0.25) is 0 Å². The summed E-state index contributed by atoms with van der Waals surface area (Å²) in [6, 6.07) is 21.1. The Kier molecular flexibility index (Phi) is 10.0. The summed E-state index contributed by atoms with van der Waals surface area (Å²) in [6.45, 7) is 9.50. The van der Waals surface area contributed by atoms with E-state index in [0.29, 0.717) is 24.7 Å². The number of aryl methyl sites for hydroxylation is 1. The third-order valence-corrected chi connectivity index (χ3v) is 8.91. The minimum Gasteiger partial charge on any atom is -0.486 e. The molecule has 1 heterocycles. The van der Waals surface area contributed by atoms with Gasteiger partial charge < -0.3 is 19.7 Å². The molecule has 0 spiro atoms. The standard InChI is InChI=1S/C33H41N3O6S/c1-6-43(39,40)36(27-16-17-29-30(21-27)42-19-18-41-29)23-31(37)35(22-26-15-11-10-12-24(26)2)28(32(38)34-33(3,4)5)20-25-13-8-7-9-14-25/h7-17,21,28H,6,18-20,22-23H2,1-5H3,(H,34,38). The summed E-state index contributed by atoms with van der Waals surface area (Å²) in [6.07, 6.45) is 0.255. The smallest absolute Gasteiger partial charge is 0.244 e. The van der Waals surface area contributed by atoms with Gasteiger partial charge in [-0.3, -0.25) is 13.9 Å². The molecular weight excluding hydrogens is 566 g/mol. The molecule has 2 amide bonds. The Morgan fingerprint density at radius 3 is 2.23 bits per heavy atom. The van der Waals surface area contributed by atoms with Gasteiger partial charge in [-0.05, 0) is 63.4 Å². The highest BCUT2D eigenvalue weighted by Crippen LogP contribution is 2.35. The SMILES string of the molecule is CCS(=O)(=O)N(CC(=O)N(Cc1ccccc1C)C(Cc1ccccc1)C(=O)NC(C)(C)C)c1ccc2c(c1)OCCO2. The summed E-state index contributed by atoms with van der Waals surface area (Å²) in [5.74, 6) is -0.110. The van der Waals surface area contributed by atoms with Gasteiger partial charge in [0.2, 0.25) is 21.8 Å². The molecule has 1 unspecified atom stereocenters. The molecule has 0 bridgehead atoms. The van der Waals surface area contributed by atoms with Crippen molar-refractivity contribution in [2.75, 3.05) is 29.8 Å². The number of nitrogens with zero attached hydrogens (tertiary/aromatic N) is 2. The second kappa shape index (κ2) is 13.5. The predicted molar refractivity (Wildman–Crippen MR) is 168 cm³/mol.